The van der Waals surface area contributed by atoms with Crippen LogP contribution < -0.4 is 118 Å². The standard InChI is InChI=1S/C74H124N24O23S3/c1-6-39(4)58-72(121)97-51(35-102)70(119)96-50(34-101)69(118)95-49(33-100)68(117)94-48(32-99)62(111)86-31-56(105)88-45(26-38(2)3)60(109)84-29-54(103)59(108)52(36-122)80-23-24-81-53(37-123)71(120)92-46(27-40-14-8-7-9-15-40)61(110)85-30-55(104)87-41(17-12-21-82-73(76)77)63(112)89-42(16-10-11-20-75)64(113)91-44(19-25-124-5)65(114)93-47(28-57(106)107)67(116)90-43(66(115)98-58)18-13-22-83-74(78)79/h7-9,14-15,38-39,41-53,58,80-81,99-102,122-123H,6,10-13,16-37,75H2,1-5H3,(H,84,109)(H,85,110)(H,86,111)(H,87,104)(H,88,105)(H,89,112)(H,90,116)(H,91,113)(H,92,120)(H,93,114)(H,94,117)(H,95,118)(H,96,119)(H,97,121)(H,98,115)(H,106,107)(H4,76,77,82)(H4,78,79,83)/t39-,41-,42?,43-,44-,45?,46-,47?,48?,49-,50?,51-,52-,53?,58-/m0/s1. The number of aliphatic carboxylic acids is 1. The lowest BCUT2D eigenvalue weighted by atomic mass is 9.97. The van der Waals surface area contributed by atoms with Crippen molar-refractivity contribution >= 4 is 155 Å². The number of thiol groups is 2. The number of thioether (sulfide) groups is 1. The van der Waals surface area contributed by atoms with Crippen LogP contribution >= 0.6 is 37.0 Å². The molecule has 32 N–H and O–H groups in total. The van der Waals surface area contributed by atoms with E-state index >= 15 is 0 Å². The Hall–Kier alpha value is -10.6. The minimum absolute atomic E-state index is 0.00256. The van der Waals surface area contributed by atoms with Gasteiger partial charge in [0.2, 0.25) is 100 Å². The van der Waals surface area contributed by atoms with Crippen molar-refractivity contribution in [1.29, 1.82) is 10.8 Å². The van der Waals surface area contributed by atoms with Crippen molar-refractivity contribution in [3.05, 3.63) is 35.9 Å². The van der Waals surface area contributed by atoms with Gasteiger partial charge < -0.3 is 144 Å². The molecular formula is C74H124N24O23S3. The normalized spacial score (nSPS) is 25.0. The summed E-state index contributed by atoms with van der Waals surface area (Å²) in [4.78, 5) is 249. The molecule has 0 aliphatic carbocycles. The van der Waals surface area contributed by atoms with Crippen LogP contribution in [0.2, 0.25) is 0 Å². The maximum Gasteiger partial charge on any atom is 0.305 e. The van der Waals surface area contributed by atoms with Gasteiger partial charge in [0.1, 0.15) is 72.5 Å². The molecule has 1 saturated heterocycles. The number of carbonyl (C=O) groups is 18. The topological polar surface area (TPSA) is 763 Å². The molecule has 1 aliphatic rings. The quantitative estimate of drug-likeness (QED) is 0.0116. The van der Waals surface area contributed by atoms with Gasteiger partial charge in [-0.15, -0.1) is 0 Å². The van der Waals surface area contributed by atoms with Crippen molar-refractivity contribution in [1.82, 2.24) is 101 Å². The Labute approximate surface area is 731 Å². The number of carboxylic acids is 1. The SMILES string of the molecule is CC[C@H](C)[C@@H]1NC(=O)[C@H](CCCNC(=N)N)NC(=O)C(CC(=O)O)NC(=O)[C@H](CCSC)NC(=O)C(CCCCN)NC(=O)[C@H](CCCNC(=N)N)NC(=O)CNC(=O)[C@H](Cc2ccccc2)NC(=O)C(CS)NCCN[C@@H](CS)C(=O)C(=O)CNC(=O)C(CC(C)C)NC(=O)CNC(=O)C(CO)NC(=O)[C@H](CO)NC(=O)C(CO)NC(=O)[C@H](CO)NC1=O. The lowest BCUT2D eigenvalue weighted by molar-refractivity contribution is -0.141. The number of unbranched alkanes of at least 4 members (excludes halogenated alkanes) is 1. The number of carboxylic acid groups (broad SMARTS) is 1. The third kappa shape index (κ3) is 41.7. The maximum absolute atomic E-state index is 14.6. The van der Waals surface area contributed by atoms with E-state index in [4.69, 9.17) is 28.0 Å². The molecule has 0 saturated carbocycles. The molecule has 0 radical (unpaired) electrons. The van der Waals surface area contributed by atoms with Crippen LogP contribution in [-0.2, 0) is 92.7 Å². The van der Waals surface area contributed by atoms with E-state index in [1.807, 2.05) is 5.32 Å². The van der Waals surface area contributed by atoms with E-state index in [0.717, 1.165) is 0 Å². The lowest BCUT2D eigenvalue weighted by Crippen LogP contribution is -2.62. The number of aliphatic hydroxyl groups excluding tert-OH is 4. The molecule has 6 unspecified atom stereocenters. The zero-order chi connectivity index (χ0) is 93.1. The highest BCUT2D eigenvalue weighted by molar-refractivity contribution is 7.98. The number of benzene rings is 1. The van der Waals surface area contributed by atoms with E-state index in [1.165, 1.54) is 18.7 Å². The minimum atomic E-state index is -2.04. The zero-order valence-electron chi connectivity index (χ0n) is 69.8. The van der Waals surface area contributed by atoms with Crippen LogP contribution in [0.4, 0.5) is 0 Å². The predicted molar refractivity (Wildman–Crippen MR) is 457 cm³/mol. The summed E-state index contributed by atoms with van der Waals surface area (Å²) in [6.45, 7) is -1.11. The van der Waals surface area contributed by atoms with Gasteiger partial charge in [0.25, 0.3) is 0 Å². The highest BCUT2D eigenvalue weighted by atomic mass is 32.2. The molecule has 15 amide bonds. The van der Waals surface area contributed by atoms with Gasteiger partial charge in [-0.3, -0.25) is 97.1 Å². The van der Waals surface area contributed by atoms with Crippen molar-refractivity contribution in [3.63, 3.8) is 0 Å². The number of carbonyl (C=O) groups excluding carboxylic acids is 17. The molecule has 0 spiro atoms. The van der Waals surface area contributed by atoms with Crippen LogP contribution in [0.1, 0.15) is 104 Å². The second kappa shape index (κ2) is 60.0. The van der Waals surface area contributed by atoms with E-state index < -0.39 is 261 Å². The number of rotatable bonds is 29. The minimum Gasteiger partial charge on any atom is -0.481 e. The molecule has 1 aliphatic heterocycles. The highest BCUT2D eigenvalue weighted by Gasteiger charge is 2.39. The third-order valence-corrected chi connectivity index (χ3v) is 20.2. The van der Waals surface area contributed by atoms with Crippen LogP contribution in [0, 0.1) is 22.7 Å². The van der Waals surface area contributed by atoms with Crippen molar-refractivity contribution < 1.29 is 112 Å². The average molecular weight is 1810 g/mol. The van der Waals surface area contributed by atoms with Crippen LogP contribution in [0.15, 0.2) is 30.3 Å². The predicted octanol–water partition coefficient (Wildman–Crippen LogP) is -11.7. The molecule has 1 aromatic carbocycles. The molecule has 696 valence electrons. The average Bonchev–Trinajstić information content (AvgIpc) is 0.852. The highest BCUT2D eigenvalue weighted by Crippen LogP contribution is 2.14. The van der Waals surface area contributed by atoms with Crippen LogP contribution in [-0.4, -0.2) is 330 Å². The Balaban J connectivity index is 2.80. The first-order chi connectivity index (χ1) is 58.8. The van der Waals surface area contributed by atoms with Crippen LogP contribution in [0.5, 0.6) is 0 Å². The van der Waals surface area contributed by atoms with Crippen molar-refractivity contribution in [2.75, 3.05) is 102 Å². The summed E-state index contributed by atoms with van der Waals surface area (Å²) >= 11 is 9.77. The first-order valence-electron chi connectivity index (χ1n) is 40.1. The summed E-state index contributed by atoms with van der Waals surface area (Å²) in [7, 11) is 0. The van der Waals surface area contributed by atoms with Gasteiger partial charge in [0.15, 0.2) is 11.9 Å². The van der Waals surface area contributed by atoms with Gasteiger partial charge in [-0.2, -0.15) is 37.0 Å². The summed E-state index contributed by atoms with van der Waals surface area (Å²) in [6.07, 6.45) is 0.0618. The Morgan fingerprint density at radius 3 is 1.28 bits per heavy atom. The van der Waals surface area contributed by atoms with E-state index in [9.17, 15) is 112 Å². The largest absolute Gasteiger partial charge is 0.481 e. The number of nitrogens with two attached hydrogens (primary N) is 3. The van der Waals surface area contributed by atoms with Gasteiger partial charge in [-0.25, -0.2) is 0 Å². The zero-order valence-corrected chi connectivity index (χ0v) is 72.4. The van der Waals surface area contributed by atoms with E-state index in [-0.39, 0.29) is 120 Å². The van der Waals surface area contributed by atoms with E-state index in [0.29, 0.717) is 12.0 Å². The van der Waals surface area contributed by atoms with Gasteiger partial charge in [0, 0.05) is 44.1 Å². The van der Waals surface area contributed by atoms with Crippen molar-refractivity contribution in [2.24, 2.45) is 29.0 Å². The van der Waals surface area contributed by atoms with Gasteiger partial charge in [-0.05, 0) is 93.7 Å². The number of hydrogen-bond donors (Lipinski definition) is 31. The molecule has 50 heteroatoms. The number of aliphatic hydroxyl groups is 4. The van der Waals surface area contributed by atoms with Gasteiger partial charge in [-0.1, -0.05) is 64.4 Å². The summed E-state index contributed by atoms with van der Waals surface area (Å²) in [5.41, 5.74) is 17.4. The number of ketones is 2. The molecule has 0 aromatic heterocycles. The fraction of sp³-hybridized carbons (Fsp3) is 0.649. The molecule has 1 heterocycles. The molecule has 1 fully saturated rings. The lowest BCUT2D eigenvalue weighted by Gasteiger charge is -2.29. The number of hydrogen-bond acceptors (Lipinski definition) is 30. The molecule has 1 aromatic rings. The number of nitrogens with one attached hydrogen (secondary N) is 21. The Bertz CT molecular complexity index is 3750. The molecule has 0 bridgehead atoms. The first kappa shape index (κ1) is 109. The molecule has 2 rings (SSSR count). The molecule has 15 atom stereocenters. The van der Waals surface area contributed by atoms with Crippen LogP contribution in [0.25, 0.3) is 0 Å². The fourth-order valence-electron chi connectivity index (χ4n) is 11.8. The summed E-state index contributed by atoms with van der Waals surface area (Å²) in [5.74, 6) is -22.6. The van der Waals surface area contributed by atoms with Crippen molar-refractivity contribution in [2.45, 2.75) is 189 Å². The molecule has 47 nitrogen and oxygen atoms in total. The Morgan fingerprint density at radius 1 is 0.468 bits per heavy atom. The fourth-order valence-corrected chi connectivity index (χ4v) is 12.9. The van der Waals surface area contributed by atoms with Gasteiger partial charge in [0.05, 0.1) is 64.6 Å². The first-order valence-corrected chi connectivity index (χ1v) is 42.8. The third-order valence-electron chi connectivity index (χ3n) is 18.9. The number of amides is 15. The second-order valence-electron chi connectivity index (χ2n) is 29.2. The summed E-state index contributed by atoms with van der Waals surface area (Å²) < 4.78 is 0. The van der Waals surface area contributed by atoms with Crippen molar-refractivity contribution in [3.8, 4) is 0 Å². The summed E-state index contributed by atoms with van der Waals surface area (Å²) in [5, 5.41) is 113. The summed E-state index contributed by atoms with van der Waals surface area (Å²) in [6, 6.07) is -14.7. The monoisotopic (exact) mass is 1810 g/mol. The maximum atomic E-state index is 14.6. The van der Waals surface area contributed by atoms with E-state index in [2.05, 4.69) is 121 Å². The van der Waals surface area contributed by atoms with Crippen LogP contribution in [0.3, 0.4) is 0 Å². The van der Waals surface area contributed by atoms with Gasteiger partial charge >= 0.3 is 5.97 Å². The smallest absolute Gasteiger partial charge is 0.305 e. The number of Topliss-reactive ketones (excluding diaryl/α,β-unsaturated/α-hetero) is 2. The molecule has 124 heavy (non-hydrogen) atoms. The molecular weight excluding hydrogens is 1690 g/mol. The number of guanidine groups is 2. The van der Waals surface area contributed by atoms with E-state index in [1.54, 1.807) is 57.4 Å². The second-order valence-corrected chi connectivity index (χ2v) is 30.9. The Morgan fingerprint density at radius 2 is 0.839 bits per heavy atom. The Kier molecular flexibility index (Phi) is 53.0.